The zero-order chi connectivity index (χ0) is 13.4. The van der Waals surface area contributed by atoms with E-state index >= 15 is 0 Å². The molecule has 5 heteroatoms. The highest BCUT2D eigenvalue weighted by molar-refractivity contribution is 7.11. The van der Waals surface area contributed by atoms with Crippen molar-refractivity contribution in [1.82, 2.24) is 19.9 Å². The van der Waals surface area contributed by atoms with E-state index in [1.54, 1.807) is 0 Å². The molecule has 1 atom stereocenters. The Labute approximate surface area is 117 Å². The van der Waals surface area contributed by atoms with Gasteiger partial charge in [-0.25, -0.2) is 9.97 Å². The Morgan fingerprint density at radius 1 is 1.37 bits per heavy atom. The lowest BCUT2D eigenvalue weighted by atomic mass is 10.2. The number of aromatic nitrogens is 3. The predicted molar refractivity (Wildman–Crippen MR) is 77.7 cm³/mol. The van der Waals surface area contributed by atoms with E-state index in [9.17, 15) is 0 Å². The molecule has 4 nitrogen and oxygen atoms in total. The summed E-state index contributed by atoms with van der Waals surface area (Å²) in [6.45, 7) is 4.36. The number of rotatable bonds is 4. The molecule has 0 aliphatic heterocycles. The first kappa shape index (κ1) is 12.8. The van der Waals surface area contributed by atoms with Gasteiger partial charge in [-0.1, -0.05) is 0 Å². The van der Waals surface area contributed by atoms with Gasteiger partial charge in [0.15, 0.2) is 0 Å². The van der Waals surface area contributed by atoms with Gasteiger partial charge in [0.2, 0.25) is 0 Å². The summed E-state index contributed by atoms with van der Waals surface area (Å²) in [6, 6.07) is 0.570. The Bertz CT molecular complexity index is 548. The second kappa shape index (κ2) is 5.06. The number of hydrogen-bond acceptors (Lipinski definition) is 4. The molecule has 1 aliphatic rings. The summed E-state index contributed by atoms with van der Waals surface area (Å²) < 4.78 is 2.22. The Balaban J connectivity index is 1.97. The number of hydrogen-bond donors (Lipinski definition) is 1. The molecule has 0 aromatic carbocycles. The Hall–Kier alpha value is -1.20. The number of nitrogens with zero attached hydrogens (tertiary/aromatic N) is 3. The molecule has 1 aliphatic carbocycles. The molecule has 102 valence electrons. The van der Waals surface area contributed by atoms with Crippen molar-refractivity contribution in [3.63, 3.8) is 0 Å². The van der Waals surface area contributed by atoms with Gasteiger partial charge in [-0.15, -0.1) is 11.3 Å². The summed E-state index contributed by atoms with van der Waals surface area (Å²) in [4.78, 5) is 10.6. The van der Waals surface area contributed by atoms with E-state index in [4.69, 9.17) is 4.98 Å². The van der Waals surface area contributed by atoms with Crippen molar-refractivity contribution in [2.45, 2.75) is 45.2 Å². The van der Waals surface area contributed by atoms with Crippen molar-refractivity contribution in [3.8, 4) is 0 Å². The third-order valence-electron chi connectivity index (χ3n) is 3.70. The zero-order valence-corrected chi connectivity index (χ0v) is 12.5. The Morgan fingerprint density at radius 2 is 2.21 bits per heavy atom. The van der Waals surface area contributed by atoms with Gasteiger partial charge in [0, 0.05) is 10.9 Å². The quantitative estimate of drug-likeness (QED) is 0.933. The maximum Gasteiger partial charge on any atom is 0.116 e. The molecule has 1 N–H and O–H groups in total. The Morgan fingerprint density at radius 3 is 2.89 bits per heavy atom. The smallest absolute Gasteiger partial charge is 0.116 e. The van der Waals surface area contributed by atoms with E-state index in [1.807, 2.05) is 30.9 Å². The molecule has 0 radical (unpaired) electrons. The zero-order valence-electron chi connectivity index (χ0n) is 11.7. The first-order valence-corrected chi connectivity index (χ1v) is 7.69. The van der Waals surface area contributed by atoms with E-state index < -0.39 is 0 Å². The largest absolute Gasteiger partial charge is 0.330 e. The first-order chi connectivity index (χ1) is 9.20. The normalized spacial score (nSPS) is 16.0. The van der Waals surface area contributed by atoms with E-state index in [0.717, 1.165) is 6.42 Å². The van der Waals surface area contributed by atoms with Gasteiger partial charge in [0.1, 0.15) is 11.0 Å². The van der Waals surface area contributed by atoms with Crippen molar-refractivity contribution < 1.29 is 0 Å². The van der Waals surface area contributed by atoms with Gasteiger partial charge in [0.25, 0.3) is 0 Å². The van der Waals surface area contributed by atoms with Crippen molar-refractivity contribution in [3.05, 3.63) is 33.8 Å². The molecule has 2 aromatic heterocycles. The molecule has 19 heavy (non-hydrogen) atoms. The molecule has 3 rings (SSSR count). The minimum atomic E-state index is 0.153. The van der Waals surface area contributed by atoms with Gasteiger partial charge < -0.3 is 9.88 Å². The van der Waals surface area contributed by atoms with Crippen LogP contribution in [0.2, 0.25) is 0 Å². The van der Waals surface area contributed by atoms with Crippen molar-refractivity contribution in [1.29, 1.82) is 0 Å². The molecule has 0 saturated heterocycles. The molecule has 2 heterocycles. The van der Waals surface area contributed by atoms with Crippen LogP contribution in [0.4, 0.5) is 0 Å². The SMILES string of the molecule is CNC(c1nc2c(s1)CCC2)c1cncn1C(C)C. The minimum Gasteiger partial charge on any atom is -0.330 e. The highest BCUT2D eigenvalue weighted by Crippen LogP contribution is 2.33. The summed E-state index contributed by atoms with van der Waals surface area (Å²) in [5.74, 6) is 0. The van der Waals surface area contributed by atoms with Crippen LogP contribution in [-0.2, 0) is 12.8 Å². The van der Waals surface area contributed by atoms with Gasteiger partial charge in [-0.3, -0.25) is 0 Å². The maximum atomic E-state index is 4.83. The number of aryl methyl sites for hydroxylation is 2. The summed E-state index contributed by atoms with van der Waals surface area (Å²) >= 11 is 1.86. The van der Waals surface area contributed by atoms with Gasteiger partial charge in [0.05, 0.1) is 23.9 Å². The van der Waals surface area contributed by atoms with E-state index in [1.165, 1.54) is 34.1 Å². The lowest BCUT2D eigenvalue weighted by molar-refractivity contribution is 0.535. The third-order valence-corrected chi connectivity index (χ3v) is 4.92. The van der Waals surface area contributed by atoms with Gasteiger partial charge in [-0.05, 0) is 40.2 Å². The average molecular weight is 276 g/mol. The summed E-state index contributed by atoms with van der Waals surface area (Å²) in [5, 5.41) is 4.57. The molecule has 0 fully saturated rings. The number of fused-ring (bicyclic) bond motifs is 1. The van der Waals surface area contributed by atoms with E-state index in [2.05, 4.69) is 28.7 Å². The predicted octanol–water partition coefficient (Wildman–Crippen LogP) is 2.72. The minimum absolute atomic E-state index is 0.153. The first-order valence-electron chi connectivity index (χ1n) is 6.88. The van der Waals surface area contributed by atoms with Crippen LogP contribution in [0.15, 0.2) is 12.5 Å². The van der Waals surface area contributed by atoms with Gasteiger partial charge >= 0.3 is 0 Å². The molecule has 0 bridgehead atoms. The maximum absolute atomic E-state index is 4.83. The number of imidazole rings is 1. The van der Waals surface area contributed by atoms with Crippen molar-refractivity contribution >= 4 is 11.3 Å². The summed E-state index contributed by atoms with van der Waals surface area (Å²) in [7, 11) is 1.99. The topological polar surface area (TPSA) is 42.7 Å². The molecule has 1 unspecified atom stereocenters. The van der Waals surface area contributed by atoms with Gasteiger partial charge in [-0.2, -0.15) is 0 Å². The highest BCUT2D eigenvalue weighted by Gasteiger charge is 2.24. The number of nitrogens with one attached hydrogen (secondary N) is 1. The monoisotopic (exact) mass is 276 g/mol. The van der Waals surface area contributed by atoms with Crippen LogP contribution in [0.5, 0.6) is 0 Å². The van der Waals surface area contributed by atoms with Crippen LogP contribution >= 0.6 is 11.3 Å². The fourth-order valence-corrected chi connectivity index (χ4v) is 3.98. The summed E-state index contributed by atoms with van der Waals surface area (Å²) in [6.07, 6.45) is 7.47. The highest BCUT2D eigenvalue weighted by atomic mass is 32.1. The van der Waals surface area contributed by atoms with Crippen LogP contribution in [0.1, 0.15) is 53.6 Å². The molecule has 0 spiro atoms. The molecule has 2 aromatic rings. The van der Waals surface area contributed by atoms with E-state index in [0.29, 0.717) is 6.04 Å². The van der Waals surface area contributed by atoms with Crippen LogP contribution in [0.3, 0.4) is 0 Å². The van der Waals surface area contributed by atoms with E-state index in [-0.39, 0.29) is 6.04 Å². The van der Waals surface area contributed by atoms with Crippen molar-refractivity contribution in [2.75, 3.05) is 7.05 Å². The molecular formula is C14H20N4S. The van der Waals surface area contributed by atoms with Crippen LogP contribution in [0, 0.1) is 0 Å². The lowest BCUT2D eigenvalue weighted by Gasteiger charge is -2.18. The van der Waals surface area contributed by atoms with Crippen LogP contribution in [0.25, 0.3) is 0 Å². The van der Waals surface area contributed by atoms with Crippen LogP contribution < -0.4 is 5.32 Å². The fourth-order valence-electron chi connectivity index (χ4n) is 2.70. The molecule has 0 saturated carbocycles. The number of thiazole rings is 1. The molecular weight excluding hydrogens is 256 g/mol. The standard InChI is InChI=1S/C14H20N4S/c1-9(2)18-8-16-7-11(18)13(15-3)14-17-10-5-4-6-12(10)19-14/h7-9,13,15H,4-6H2,1-3H3. The second-order valence-electron chi connectivity index (χ2n) is 5.32. The molecule has 0 amide bonds. The Kier molecular flexibility index (Phi) is 3.41. The summed E-state index contributed by atoms with van der Waals surface area (Å²) in [5.41, 5.74) is 2.51. The van der Waals surface area contributed by atoms with Crippen molar-refractivity contribution in [2.24, 2.45) is 0 Å². The third kappa shape index (κ3) is 2.21. The average Bonchev–Trinajstić information content (AvgIpc) is 3.03. The second-order valence-corrected chi connectivity index (χ2v) is 6.43. The lowest BCUT2D eigenvalue weighted by Crippen LogP contribution is -2.21. The fraction of sp³-hybridized carbons (Fsp3) is 0.571. The van der Waals surface area contributed by atoms with Crippen LogP contribution in [-0.4, -0.2) is 21.6 Å².